The smallest absolute Gasteiger partial charge is 0.336 e. The van der Waals surface area contributed by atoms with Crippen molar-refractivity contribution in [3.05, 3.63) is 35.4 Å². The molecular weight excluding hydrogens is 170 g/mol. The largest absolute Gasteiger partial charge is 0.478 e. The van der Waals surface area contributed by atoms with Gasteiger partial charge in [-0.2, -0.15) is 0 Å². The Morgan fingerprint density at radius 3 is 2.62 bits per heavy atom. The Balaban J connectivity index is 3.11. The molecule has 4 heteroatoms. The quantitative estimate of drug-likeness (QED) is 0.597. The van der Waals surface area contributed by atoms with E-state index in [1.165, 1.54) is 6.07 Å². The van der Waals surface area contributed by atoms with Crippen LogP contribution in [0.3, 0.4) is 0 Å². The van der Waals surface area contributed by atoms with Crippen molar-refractivity contribution in [1.29, 1.82) is 0 Å². The Hall–Kier alpha value is -1.39. The first-order chi connectivity index (χ1) is 6.16. The van der Waals surface area contributed by atoms with Gasteiger partial charge in [0, 0.05) is 5.56 Å². The first kappa shape index (κ1) is 9.70. The van der Waals surface area contributed by atoms with Crippen LogP contribution in [0.4, 0.5) is 0 Å². The summed E-state index contributed by atoms with van der Waals surface area (Å²) in [5.74, 6) is -1.04. The molecule has 0 heterocycles. The van der Waals surface area contributed by atoms with Crippen LogP contribution in [0.2, 0.25) is 0 Å². The molecule has 0 radical (unpaired) electrons. The summed E-state index contributed by atoms with van der Waals surface area (Å²) in [4.78, 5) is 10.7. The van der Waals surface area contributed by atoms with E-state index in [-0.39, 0.29) is 5.56 Å². The van der Waals surface area contributed by atoms with E-state index < -0.39 is 12.2 Å². The third-order valence-corrected chi connectivity index (χ3v) is 1.76. The van der Waals surface area contributed by atoms with Gasteiger partial charge in [0.25, 0.3) is 0 Å². The topological polar surface area (TPSA) is 69.6 Å². The van der Waals surface area contributed by atoms with Crippen molar-refractivity contribution in [2.75, 3.05) is 7.05 Å². The summed E-state index contributed by atoms with van der Waals surface area (Å²) in [5, 5.41) is 20.7. The van der Waals surface area contributed by atoms with Crippen molar-refractivity contribution in [3.8, 4) is 0 Å². The molecule has 1 aromatic carbocycles. The van der Waals surface area contributed by atoms with Crippen molar-refractivity contribution >= 4 is 5.97 Å². The summed E-state index contributed by atoms with van der Waals surface area (Å²) in [6, 6.07) is 6.33. The zero-order valence-electron chi connectivity index (χ0n) is 7.19. The van der Waals surface area contributed by atoms with Crippen LogP contribution >= 0.6 is 0 Å². The lowest BCUT2D eigenvalue weighted by Crippen LogP contribution is -2.18. The molecule has 1 rings (SSSR count). The van der Waals surface area contributed by atoms with Gasteiger partial charge in [0.15, 0.2) is 0 Å². The Morgan fingerprint density at radius 1 is 1.46 bits per heavy atom. The maximum Gasteiger partial charge on any atom is 0.336 e. The van der Waals surface area contributed by atoms with E-state index in [2.05, 4.69) is 5.32 Å². The highest BCUT2D eigenvalue weighted by Gasteiger charge is 2.13. The second kappa shape index (κ2) is 4.02. The Labute approximate surface area is 75.8 Å². The van der Waals surface area contributed by atoms with Crippen LogP contribution in [0, 0.1) is 0 Å². The van der Waals surface area contributed by atoms with Gasteiger partial charge in [0.1, 0.15) is 6.23 Å². The number of benzene rings is 1. The number of hydrogen-bond acceptors (Lipinski definition) is 3. The summed E-state index contributed by atoms with van der Waals surface area (Å²) < 4.78 is 0. The highest BCUT2D eigenvalue weighted by molar-refractivity contribution is 5.89. The third kappa shape index (κ3) is 2.05. The van der Waals surface area contributed by atoms with Gasteiger partial charge in [-0.25, -0.2) is 4.79 Å². The molecule has 0 amide bonds. The molecular formula is C9H11NO3. The van der Waals surface area contributed by atoms with Gasteiger partial charge < -0.3 is 10.2 Å². The average molecular weight is 181 g/mol. The van der Waals surface area contributed by atoms with Gasteiger partial charge in [-0.15, -0.1) is 0 Å². The first-order valence-electron chi connectivity index (χ1n) is 3.84. The summed E-state index contributed by atoms with van der Waals surface area (Å²) >= 11 is 0. The van der Waals surface area contributed by atoms with Gasteiger partial charge in [-0.3, -0.25) is 5.32 Å². The second-order valence-electron chi connectivity index (χ2n) is 2.58. The minimum Gasteiger partial charge on any atom is -0.478 e. The summed E-state index contributed by atoms with van der Waals surface area (Å²) in [6.45, 7) is 0. The fourth-order valence-electron chi connectivity index (χ4n) is 1.09. The second-order valence-corrected chi connectivity index (χ2v) is 2.58. The first-order valence-corrected chi connectivity index (χ1v) is 3.84. The van der Waals surface area contributed by atoms with E-state index in [4.69, 9.17) is 5.11 Å². The average Bonchev–Trinajstić information content (AvgIpc) is 2.16. The number of carboxylic acids is 1. The number of aromatic carboxylic acids is 1. The number of nitrogens with one attached hydrogen (secondary N) is 1. The van der Waals surface area contributed by atoms with Gasteiger partial charge in [-0.05, 0) is 13.1 Å². The predicted octanol–water partition coefficient (Wildman–Crippen LogP) is 0.595. The third-order valence-electron chi connectivity index (χ3n) is 1.76. The molecule has 0 aliphatic rings. The van der Waals surface area contributed by atoms with Crippen LogP contribution in [0.15, 0.2) is 24.3 Å². The molecule has 1 unspecified atom stereocenters. The van der Waals surface area contributed by atoms with Gasteiger partial charge in [0.2, 0.25) is 0 Å². The molecule has 13 heavy (non-hydrogen) atoms. The molecule has 0 aliphatic heterocycles. The molecule has 0 fully saturated rings. The molecule has 70 valence electrons. The normalized spacial score (nSPS) is 12.5. The van der Waals surface area contributed by atoms with Crippen molar-refractivity contribution in [1.82, 2.24) is 5.32 Å². The van der Waals surface area contributed by atoms with E-state index in [1.54, 1.807) is 25.2 Å². The molecule has 1 aromatic rings. The van der Waals surface area contributed by atoms with Crippen molar-refractivity contribution in [3.63, 3.8) is 0 Å². The molecule has 0 spiro atoms. The minimum absolute atomic E-state index is 0.115. The zero-order chi connectivity index (χ0) is 9.84. The molecule has 1 atom stereocenters. The minimum atomic E-state index is -1.04. The lowest BCUT2D eigenvalue weighted by molar-refractivity contribution is 0.0686. The van der Waals surface area contributed by atoms with Crippen LogP contribution in [0.5, 0.6) is 0 Å². The van der Waals surface area contributed by atoms with E-state index in [0.29, 0.717) is 5.56 Å². The van der Waals surface area contributed by atoms with Crippen LogP contribution in [-0.2, 0) is 0 Å². The number of rotatable bonds is 3. The summed E-state index contributed by atoms with van der Waals surface area (Å²) in [5.41, 5.74) is 0.488. The molecule has 3 N–H and O–H groups in total. The molecule has 0 saturated heterocycles. The van der Waals surface area contributed by atoms with Crippen LogP contribution < -0.4 is 5.32 Å². The SMILES string of the molecule is CNC(O)c1ccccc1C(=O)O. The van der Waals surface area contributed by atoms with E-state index in [9.17, 15) is 9.90 Å². The Bertz CT molecular complexity index is 311. The number of aliphatic hydroxyl groups is 1. The highest BCUT2D eigenvalue weighted by Crippen LogP contribution is 2.15. The number of hydrogen-bond donors (Lipinski definition) is 3. The number of carboxylic acid groups (broad SMARTS) is 1. The number of aliphatic hydroxyl groups excluding tert-OH is 1. The lowest BCUT2D eigenvalue weighted by atomic mass is 10.1. The van der Waals surface area contributed by atoms with Gasteiger partial charge in [-0.1, -0.05) is 18.2 Å². The Morgan fingerprint density at radius 2 is 2.08 bits per heavy atom. The molecule has 0 aliphatic carbocycles. The lowest BCUT2D eigenvalue weighted by Gasteiger charge is -2.11. The van der Waals surface area contributed by atoms with Crippen molar-refractivity contribution < 1.29 is 15.0 Å². The standard InChI is InChI=1S/C9H11NO3/c1-10-8(11)6-4-2-3-5-7(6)9(12)13/h2-5,8,10-11H,1H3,(H,12,13). The molecule has 0 bridgehead atoms. The monoisotopic (exact) mass is 181 g/mol. The highest BCUT2D eigenvalue weighted by atomic mass is 16.4. The predicted molar refractivity (Wildman–Crippen MR) is 47.4 cm³/mol. The summed E-state index contributed by atoms with van der Waals surface area (Å²) in [6.07, 6.45) is -0.938. The van der Waals surface area contributed by atoms with Crippen LogP contribution in [0.25, 0.3) is 0 Å². The number of carbonyl (C=O) groups is 1. The van der Waals surface area contributed by atoms with E-state index >= 15 is 0 Å². The fraction of sp³-hybridized carbons (Fsp3) is 0.222. The molecule has 0 saturated carbocycles. The molecule has 0 aromatic heterocycles. The van der Waals surface area contributed by atoms with Gasteiger partial charge in [0.05, 0.1) is 5.56 Å². The van der Waals surface area contributed by atoms with E-state index in [1.807, 2.05) is 0 Å². The fourth-order valence-corrected chi connectivity index (χ4v) is 1.09. The maximum absolute atomic E-state index is 10.7. The van der Waals surface area contributed by atoms with Gasteiger partial charge >= 0.3 is 5.97 Å². The van der Waals surface area contributed by atoms with Crippen molar-refractivity contribution in [2.24, 2.45) is 0 Å². The molecule has 4 nitrogen and oxygen atoms in total. The van der Waals surface area contributed by atoms with E-state index in [0.717, 1.165) is 0 Å². The van der Waals surface area contributed by atoms with Crippen molar-refractivity contribution in [2.45, 2.75) is 6.23 Å². The zero-order valence-corrected chi connectivity index (χ0v) is 7.19. The van der Waals surface area contributed by atoms with Crippen LogP contribution in [-0.4, -0.2) is 23.2 Å². The Kier molecular flexibility index (Phi) is 3.00. The van der Waals surface area contributed by atoms with Crippen LogP contribution in [0.1, 0.15) is 22.1 Å². The maximum atomic E-state index is 10.7. The summed E-state index contributed by atoms with van der Waals surface area (Å²) in [7, 11) is 1.56.